The van der Waals surface area contributed by atoms with E-state index in [0.717, 1.165) is 18.2 Å². The van der Waals surface area contributed by atoms with Crippen LogP contribution in [-0.2, 0) is 0 Å². The smallest absolute Gasteiger partial charge is 0.147 e. The Kier molecular flexibility index (Phi) is 3.33. The first kappa shape index (κ1) is 9.00. The molecule has 1 aliphatic rings. The second-order valence-corrected chi connectivity index (χ2v) is 4.19. The van der Waals surface area contributed by atoms with Crippen molar-refractivity contribution in [3.63, 3.8) is 0 Å². The van der Waals surface area contributed by atoms with Crippen LogP contribution in [0.5, 0.6) is 0 Å². The maximum absolute atomic E-state index is 10.4. The van der Waals surface area contributed by atoms with Gasteiger partial charge in [-0.2, -0.15) is 0 Å². The second-order valence-electron chi connectivity index (χ2n) is 3.11. The average molecular weight is 174 g/mol. The number of hydrogen-bond acceptors (Lipinski definition) is 4. The molecule has 0 aromatic heterocycles. The van der Waals surface area contributed by atoms with Gasteiger partial charge in [0, 0.05) is 18.2 Å². The molecule has 0 aromatic rings. The summed E-state index contributed by atoms with van der Waals surface area (Å²) < 4.78 is 0. The van der Waals surface area contributed by atoms with Gasteiger partial charge in [0.05, 0.1) is 0 Å². The van der Waals surface area contributed by atoms with Crippen molar-refractivity contribution in [2.24, 2.45) is 11.1 Å². The van der Waals surface area contributed by atoms with Gasteiger partial charge in [-0.3, -0.25) is 4.90 Å². The zero-order valence-corrected chi connectivity index (χ0v) is 7.80. The molecule has 1 unspecified atom stereocenters. The fraction of sp³-hybridized carbons (Fsp3) is 1.00. The van der Waals surface area contributed by atoms with E-state index in [4.69, 9.17) is 0 Å². The molecule has 4 heteroatoms. The Morgan fingerprint density at radius 3 is 2.64 bits per heavy atom. The van der Waals surface area contributed by atoms with E-state index in [1.807, 2.05) is 25.6 Å². The van der Waals surface area contributed by atoms with Crippen molar-refractivity contribution in [2.75, 3.05) is 18.2 Å². The summed E-state index contributed by atoms with van der Waals surface area (Å²) in [6.07, 6.45) is -0.106. The Balaban J connectivity index is 2.46. The Morgan fingerprint density at radius 2 is 2.27 bits per heavy atom. The number of nitrogens with zero attached hydrogens (tertiary/aromatic N) is 2. The highest BCUT2D eigenvalue weighted by Crippen LogP contribution is 2.20. The van der Waals surface area contributed by atoms with E-state index in [1.165, 1.54) is 0 Å². The van der Waals surface area contributed by atoms with Crippen LogP contribution >= 0.6 is 11.8 Å². The lowest BCUT2D eigenvalue weighted by Crippen LogP contribution is -2.34. The maximum Gasteiger partial charge on any atom is 0.147 e. The van der Waals surface area contributed by atoms with Gasteiger partial charge in [0.1, 0.15) is 6.17 Å². The van der Waals surface area contributed by atoms with Gasteiger partial charge in [-0.15, -0.1) is 16.7 Å². The molecule has 0 aliphatic carbocycles. The summed E-state index contributed by atoms with van der Waals surface area (Å²) in [5, 5.41) is 3.13. The summed E-state index contributed by atoms with van der Waals surface area (Å²) in [5.41, 5.74) is 0. The SMILES string of the molecule is CC(C)C(N=O)N1CCSC1. The van der Waals surface area contributed by atoms with Gasteiger partial charge in [0.2, 0.25) is 0 Å². The van der Waals surface area contributed by atoms with E-state index >= 15 is 0 Å². The molecule has 0 aromatic carbocycles. The van der Waals surface area contributed by atoms with Gasteiger partial charge in [-0.05, 0) is 5.92 Å². The van der Waals surface area contributed by atoms with E-state index in [1.54, 1.807) is 0 Å². The van der Waals surface area contributed by atoms with E-state index in [9.17, 15) is 4.91 Å². The first-order valence-corrected chi connectivity index (χ1v) is 5.05. The molecule has 64 valence electrons. The van der Waals surface area contributed by atoms with Crippen LogP contribution < -0.4 is 0 Å². The minimum Gasteiger partial charge on any atom is -0.269 e. The lowest BCUT2D eigenvalue weighted by Gasteiger charge is -2.22. The van der Waals surface area contributed by atoms with E-state index in [-0.39, 0.29) is 6.17 Å². The summed E-state index contributed by atoms with van der Waals surface area (Å²) in [7, 11) is 0. The first-order chi connectivity index (χ1) is 5.25. The monoisotopic (exact) mass is 174 g/mol. The van der Waals surface area contributed by atoms with Crippen molar-refractivity contribution in [3.05, 3.63) is 4.91 Å². The van der Waals surface area contributed by atoms with Crippen molar-refractivity contribution >= 4 is 11.8 Å². The maximum atomic E-state index is 10.4. The van der Waals surface area contributed by atoms with Crippen LogP contribution in [0.4, 0.5) is 0 Å². The van der Waals surface area contributed by atoms with E-state index in [2.05, 4.69) is 10.1 Å². The first-order valence-electron chi connectivity index (χ1n) is 3.90. The van der Waals surface area contributed by atoms with Crippen LogP contribution in [0.1, 0.15) is 13.8 Å². The highest BCUT2D eigenvalue weighted by Gasteiger charge is 2.25. The summed E-state index contributed by atoms with van der Waals surface area (Å²) in [4.78, 5) is 12.6. The third kappa shape index (κ3) is 2.17. The molecule has 1 saturated heterocycles. The fourth-order valence-electron chi connectivity index (χ4n) is 1.25. The minimum absolute atomic E-state index is 0.106. The molecule has 1 aliphatic heterocycles. The predicted octanol–water partition coefficient (Wildman–Crippen LogP) is 1.74. The van der Waals surface area contributed by atoms with Crippen molar-refractivity contribution in [3.8, 4) is 0 Å². The van der Waals surface area contributed by atoms with E-state index < -0.39 is 0 Å². The zero-order chi connectivity index (χ0) is 8.27. The van der Waals surface area contributed by atoms with Crippen LogP contribution in [0, 0.1) is 10.8 Å². The summed E-state index contributed by atoms with van der Waals surface area (Å²) in [6.45, 7) is 5.09. The number of nitroso groups, excluding NO2 is 1. The molecule has 3 nitrogen and oxygen atoms in total. The molecular weight excluding hydrogens is 160 g/mol. The highest BCUT2D eigenvalue weighted by atomic mass is 32.2. The molecule has 1 heterocycles. The van der Waals surface area contributed by atoms with Crippen molar-refractivity contribution in [1.82, 2.24) is 4.90 Å². The lowest BCUT2D eigenvalue weighted by molar-refractivity contribution is 0.208. The molecule has 1 atom stereocenters. The number of thioether (sulfide) groups is 1. The second kappa shape index (κ2) is 4.07. The van der Waals surface area contributed by atoms with Gasteiger partial charge in [-0.1, -0.05) is 19.0 Å². The van der Waals surface area contributed by atoms with Crippen LogP contribution in [0.25, 0.3) is 0 Å². The summed E-state index contributed by atoms with van der Waals surface area (Å²) in [6, 6.07) is 0. The van der Waals surface area contributed by atoms with Crippen LogP contribution in [0.3, 0.4) is 0 Å². The normalized spacial score (nSPS) is 22.5. The molecule has 0 bridgehead atoms. The average Bonchev–Trinajstić information content (AvgIpc) is 2.40. The Hall–Kier alpha value is -0.0900. The standard InChI is InChI=1S/C7H14N2OS/c1-6(2)7(8-10)9-3-4-11-5-9/h6-7H,3-5H2,1-2H3. The minimum atomic E-state index is -0.106. The van der Waals surface area contributed by atoms with Crippen molar-refractivity contribution in [2.45, 2.75) is 20.0 Å². The zero-order valence-electron chi connectivity index (χ0n) is 6.99. The summed E-state index contributed by atoms with van der Waals surface area (Å²) in [5.74, 6) is 2.44. The van der Waals surface area contributed by atoms with Crippen LogP contribution in [0.15, 0.2) is 5.18 Å². The molecule has 0 radical (unpaired) electrons. The van der Waals surface area contributed by atoms with Crippen LogP contribution in [-0.4, -0.2) is 29.2 Å². The fourth-order valence-corrected chi connectivity index (χ4v) is 2.26. The van der Waals surface area contributed by atoms with Gasteiger partial charge >= 0.3 is 0 Å². The summed E-state index contributed by atoms with van der Waals surface area (Å²) >= 11 is 1.87. The van der Waals surface area contributed by atoms with Crippen molar-refractivity contribution < 1.29 is 0 Å². The van der Waals surface area contributed by atoms with Gasteiger partial charge in [0.25, 0.3) is 0 Å². The molecule has 1 fully saturated rings. The number of hydrogen-bond donors (Lipinski definition) is 0. The van der Waals surface area contributed by atoms with Crippen molar-refractivity contribution in [1.29, 1.82) is 0 Å². The van der Waals surface area contributed by atoms with Gasteiger partial charge in [-0.25, -0.2) is 0 Å². The largest absolute Gasteiger partial charge is 0.269 e. The molecule has 11 heavy (non-hydrogen) atoms. The quantitative estimate of drug-likeness (QED) is 0.611. The topological polar surface area (TPSA) is 32.7 Å². The van der Waals surface area contributed by atoms with Crippen LogP contribution in [0.2, 0.25) is 0 Å². The Morgan fingerprint density at radius 1 is 1.55 bits per heavy atom. The van der Waals surface area contributed by atoms with E-state index in [0.29, 0.717) is 5.92 Å². The Bertz CT molecular complexity index is 134. The molecule has 0 N–H and O–H groups in total. The molecular formula is C7H14N2OS. The molecule has 0 amide bonds. The third-order valence-corrected chi connectivity index (χ3v) is 2.84. The predicted molar refractivity (Wildman–Crippen MR) is 48.5 cm³/mol. The van der Waals surface area contributed by atoms with Gasteiger partial charge in [0.15, 0.2) is 0 Å². The number of rotatable bonds is 3. The Labute approximate surface area is 71.5 Å². The lowest BCUT2D eigenvalue weighted by atomic mass is 10.1. The molecule has 0 saturated carbocycles. The third-order valence-electron chi connectivity index (χ3n) is 1.86. The molecule has 1 rings (SSSR count). The molecule has 0 spiro atoms. The van der Waals surface area contributed by atoms with Gasteiger partial charge < -0.3 is 0 Å². The highest BCUT2D eigenvalue weighted by molar-refractivity contribution is 7.99.